The number of pyridine rings is 1. The summed E-state index contributed by atoms with van der Waals surface area (Å²) in [6.45, 7) is 4.45. The van der Waals surface area contributed by atoms with Crippen LogP contribution in [0.3, 0.4) is 0 Å². The van der Waals surface area contributed by atoms with Gasteiger partial charge in [0.25, 0.3) is 0 Å². The number of aromatic nitrogens is 1. The topological polar surface area (TPSA) is 51.2 Å². The number of hydrogen-bond acceptors (Lipinski definition) is 3. The minimum Gasteiger partial charge on any atom is -0.489 e. The Labute approximate surface area is 131 Å². The smallest absolute Gasteiger partial charge is 0.220 e. The largest absolute Gasteiger partial charge is 0.489 e. The second-order valence-corrected chi connectivity index (χ2v) is 5.32. The van der Waals surface area contributed by atoms with Crippen LogP contribution in [0, 0.1) is 6.92 Å². The van der Waals surface area contributed by atoms with Crippen molar-refractivity contribution in [2.45, 2.75) is 32.8 Å². The first-order valence-electron chi connectivity index (χ1n) is 7.54. The lowest BCUT2D eigenvalue weighted by Crippen LogP contribution is -2.33. The SMILES string of the molecule is Cc1ccccc1O[C@H](C)CNC(=O)CCc1ccccn1. The van der Waals surface area contributed by atoms with E-state index in [0.29, 0.717) is 19.4 Å². The zero-order valence-corrected chi connectivity index (χ0v) is 13.1. The molecule has 0 bridgehead atoms. The molecule has 0 radical (unpaired) electrons. The maximum Gasteiger partial charge on any atom is 0.220 e. The number of nitrogens with zero attached hydrogens (tertiary/aromatic N) is 1. The lowest BCUT2D eigenvalue weighted by atomic mass is 10.2. The number of amides is 1. The van der Waals surface area contributed by atoms with Gasteiger partial charge < -0.3 is 10.1 Å². The summed E-state index contributed by atoms with van der Waals surface area (Å²) in [5.41, 5.74) is 2.03. The van der Waals surface area contributed by atoms with Crippen molar-refractivity contribution in [3.8, 4) is 5.75 Å². The van der Waals surface area contributed by atoms with Gasteiger partial charge in [-0.1, -0.05) is 24.3 Å². The third-order valence-corrected chi connectivity index (χ3v) is 3.34. The fraction of sp³-hybridized carbons (Fsp3) is 0.333. The van der Waals surface area contributed by atoms with Crippen LogP contribution in [0.5, 0.6) is 5.75 Å². The molecule has 0 aliphatic carbocycles. The van der Waals surface area contributed by atoms with Crippen molar-refractivity contribution >= 4 is 5.91 Å². The number of carbonyl (C=O) groups excluding carboxylic acids is 1. The molecular formula is C18H22N2O2. The van der Waals surface area contributed by atoms with Gasteiger partial charge in [-0.3, -0.25) is 9.78 Å². The van der Waals surface area contributed by atoms with Crippen molar-refractivity contribution < 1.29 is 9.53 Å². The Balaban J connectivity index is 1.71. The van der Waals surface area contributed by atoms with Gasteiger partial charge in [-0.2, -0.15) is 0 Å². The van der Waals surface area contributed by atoms with Crippen molar-refractivity contribution in [2.75, 3.05) is 6.54 Å². The lowest BCUT2D eigenvalue weighted by molar-refractivity contribution is -0.121. The van der Waals surface area contributed by atoms with E-state index in [1.807, 2.05) is 56.3 Å². The molecule has 0 saturated heterocycles. The van der Waals surface area contributed by atoms with Gasteiger partial charge in [0.1, 0.15) is 11.9 Å². The van der Waals surface area contributed by atoms with Crippen LogP contribution >= 0.6 is 0 Å². The maximum atomic E-state index is 11.8. The molecule has 1 amide bonds. The summed E-state index contributed by atoms with van der Waals surface area (Å²) in [7, 11) is 0. The van der Waals surface area contributed by atoms with E-state index in [1.54, 1.807) is 6.20 Å². The summed E-state index contributed by atoms with van der Waals surface area (Å²) < 4.78 is 5.83. The van der Waals surface area contributed by atoms with E-state index in [2.05, 4.69) is 10.3 Å². The highest BCUT2D eigenvalue weighted by molar-refractivity contribution is 5.76. The van der Waals surface area contributed by atoms with Gasteiger partial charge in [0.2, 0.25) is 5.91 Å². The molecule has 1 N–H and O–H groups in total. The van der Waals surface area contributed by atoms with Crippen molar-refractivity contribution in [1.29, 1.82) is 0 Å². The number of para-hydroxylation sites is 1. The fourth-order valence-electron chi connectivity index (χ4n) is 2.08. The Morgan fingerprint density at radius 3 is 2.73 bits per heavy atom. The first-order chi connectivity index (χ1) is 10.6. The summed E-state index contributed by atoms with van der Waals surface area (Å²) in [6.07, 6.45) is 2.76. The number of aryl methyl sites for hydroxylation is 2. The molecule has 4 nitrogen and oxygen atoms in total. The Hall–Kier alpha value is -2.36. The molecule has 116 valence electrons. The van der Waals surface area contributed by atoms with E-state index in [9.17, 15) is 4.79 Å². The van der Waals surface area contributed by atoms with Crippen LogP contribution in [0.1, 0.15) is 24.6 Å². The van der Waals surface area contributed by atoms with Crippen LogP contribution in [-0.2, 0) is 11.2 Å². The summed E-state index contributed by atoms with van der Waals surface area (Å²) in [5.74, 6) is 0.878. The van der Waals surface area contributed by atoms with Crippen LogP contribution in [0.4, 0.5) is 0 Å². The summed E-state index contributed by atoms with van der Waals surface area (Å²) in [5, 5.41) is 2.90. The molecule has 1 heterocycles. The molecule has 0 fully saturated rings. The van der Waals surface area contributed by atoms with Crippen molar-refractivity contribution in [3.05, 3.63) is 59.9 Å². The Morgan fingerprint density at radius 1 is 1.23 bits per heavy atom. The molecule has 0 spiro atoms. The monoisotopic (exact) mass is 298 g/mol. The van der Waals surface area contributed by atoms with Crippen LogP contribution < -0.4 is 10.1 Å². The van der Waals surface area contributed by atoms with Crippen molar-refractivity contribution in [3.63, 3.8) is 0 Å². The van der Waals surface area contributed by atoms with E-state index >= 15 is 0 Å². The minimum absolute atomic E-state index is 0.0193. The van der Waals surface area contributed by atoms with E-state index in [4.69, 9.17) is 4.74 Å². The molecule has 1 aromatic heterocycles. The summed E-state index contributed by atoms with van der Waals surface area (Å²) in [4.78, 5) is 16.1. The zero-order valence-electron chi connectivity index (χ0n) is 13.1. The van der Waals surface area contributed by atoms with E-state index in [1.165, 1.54) is 0 Å². The Bertz CT molecular complexity index is 599. The normalized spacial score (nSPS) is 11.7. The molecule has 2 rings (SSSR count). The minimum atomic E-state index is -0.0695. The van der Waals surface area contributed by atoms with Crippen molar-refractivity contribution in [1.82, 2.24) is 10.3 Å². The molecule has 0 saturated carbocycles. The molecule has 0 aliphatic heterocycles. The lowest BCUT2D eigenvalue weighted by Gasteiger charge is -2.17. The van der Waals surface area contributed by atoms with Gasteiger partial charge in [0.05, 0.1) is 6.54 Å². The number of benzene rings is 1. The van der Waals surface area contributed by atoms with Crippen LogP contribution in [0.2, 0.25) is 0 Å². The van der Waals surface area contributed by atoms with Gasteiger partial charge in [0.15, 0.2) is 0 Å². The Morgan fingerprint density at radius 2 is 2.00 bits per heavy atom. The van der Waals surface area contributed by atoms with Gasteiger partial charge in [-0.05, 0) is 44.0 Å². The number of rotatable bonds is 7. The third-order valence-electron chi connectivity index (χ3n) is 3.34. The first-order valence-corrected chi connectivity index (χ1v) is 7.54. The van der Waals surface area contributed by atoms with Gasteiger partial charge in [-0.15, -0.1) is 0 Å². The molecular weight excluding hydrogens is 276 g/mol. The average molecular weight is 298 g/mol. The number of carbonyl (C=O) groups is 1. The van der Waals surface area contributed by atoms with Crippen LogP contribution in [0.15, 0.2) is 48.7 Å². The number of ether oxygens (including phenoxy) is 1. The molecule has 0 aliphatic rings. The van der Waals surface area contributed by atoms with Crippen LogP contribution in [-0.4, -0.2) is 23.5 Å². The molecule has 4 heteroatoms. The summed E-state index contributed by atoms with van der Waals surface area (Å²) >= 11 is 0. The van der Waals surface area contributed by atoms with E-state index in [-0.39, 0.29) is 12.0 Å². The molecule has 1 atom stereocenters. The summed E-state index contributed by atoms with van der Waals surface area (Å²) in [6, 6.07) is 13.6. The van der Waals surface area contributed by atoms with Gasteiger partial charge >= 0.3 is 0 Å². The van der Waals surface area contributed by atoms with E-state index < -0.39 is 0 Å². The molecule has 2 aromatic rings. The molecule has 1 aromatic carbocycles. The standard InChI is InChI=1S/C18H22N2O2/c1-14-7-3-4-9-17(14)22-15(2)13-20-18(21)11-10-16-8-5-6-12-19-16/h3-9,12,15H,10-11,13H2,1-2H3,(H,20,21)/t15-/m1/s1. The second kappa shape index (κ2) is 8.17. The van der Waals surface area contributed by atoms with E-state index in [0.717, 1.165) is 17.0 Å². The molecule has 0 unspecified atom stereocenters. The highest BCUT2D eigenvalue weighted by Gasteiger charge is 2.08. The zero-order chi connectivity index (χ0) is 15.8. The maximum absolute atomic E-state index is 11.8. The first kappa shape index (κ1) is 16.0. The predicted octanol–water partition coefficient (Wildman–Crippen LogP) is 2.91. The number of hydrogen-bond donors (Lipinski definition) is 1. The van der Waals surface area contributed by atoms with Crippen LogP contribution in [0.25, 0.3) is 0 Å². The molecule has 22 heavy (non-hydrogen) atoms. The second-order valence-electron chi connectivity index (χ2n) is 5.32. The predicted molar refractivity (Wildman–Crippen MR) is 86.8 cm³/mol. The Kier molecular flexibility index (Phi) is 5.95. The fourth-order valence-corrected chi connectivity index (χ4v) is 2.08. The van der Waals surface area contributed by atoms with Gasteiger partial charge in [0, 0.05) is 18.3 Å². The number of nitrogens with one attached hydrogen (secondary N) is 1. The third kappa shape index (κ3) is 5.20. The average Bonchev–Trinajstić information content (AvgIpc) is 2.54. The highest BCUT2D eigenvalue weighted by Crippen LogP contribution is 2.17. The quantitative estimate of drug-likeness (QED) is 0.855. The highest BCUT2D eigenvalue weighted by atomic mass is 16.5. The van der Waals surface area contributed by atoms with Gasteiger partial charge in [-0.25, -0.2) is 0 Å². The van der Waals surface area contributed by atoms with Crippen molar-refractivity contribution in [2.24, 2.45) is 0 Å².